The molecule has 11 N–H and O–H groups in total. The average molecular weight is 1050 g/mol. The third-order valence-corrected chi connectivity index (χ3v) is 14.9. The summed E-state index contributed by atoms with van der Waals surface area (Å²) < 4.78 is 23.2. The quantitative estimate of drug-likeness (QED) is 0.0285. The van der Waals surface area contributed by atoms with Gasteiger partial charge in [-0.1, -0.05) is 219 Å². The Kier molecular flexibility index (Phi) is 39.3. The monoisotopic (exact) mass is 1050 g/mol. The minimum atomic E-state index is -1.86. The van der Waals surface area contributed by atoms with Gasteiger partial charge in [-0.25, -0.2) is 0 Å². The zero-order valence-corrected chi connectivity index (χ0v) is 45.7. The molecule has 17 nitrogen and oxygen atoms in total. The zero-order chi connectivity index (χ0) is 53.6. The van der Waals surface area contributed by atoms with Crippen molar-refractivity contribution in [3.05, 3.63) is 0 Å². The van der Waals surface area contributed by atoms with Crippen LogP contribution in [-0.2, 0) is 28.5 Å². The van der Waals surface area contributed by atoms with Gasteiger partial charge in [-0.15, -0.1) is 0 Å². The standard InChI is InChI=1S/C56H108N2O15/c1-4-6-8-10-12-14-16-18-20-21-22-23-25-27-29-31-33-35-37-44(63)54(69)58-42(48(64)43(62)36-34-32-30-28-26-24-19-17-15-13-11-9-7-5-2)40-70-56-52(68)51(67)53(46(39-60)72-56)73-55-47(57-41(3)61)50(66)49(65)45(38-59)71-55/h42-53,55-56,59-60,62-68H,4-40H2,1-3H3,(H,57,61)(H,58,69)/t42-,43+,44+,45+,46+,47+,48-,49+,50+,51+,52+,53-,55+,56-/m0/s1. The Morgan fingerprint density at radius 1 is 0.507 bits per heavy atom. The first kappa shape index (κ1) is 67.5. The highest BCUT2D eigenvalue weighted by Crippen LogP contribution is 2.30. The van der Waals surface area contributed by atoms with Crippen LogP contribution in [0.2, 0.25) is 0 Å². The number of amides is 2. The number of hydrogen-bond acceptors (Lipinski definition) is 15. The molecule has 0 radical (unpaired) electrons. The molecule has 0 aliphatic carbocycles. The summed E-state index contributed by atoms with van der Waals surface area (Å²) in [6.07, 6.45) is 20.1. The van der Waals surface area contributed by atoms with Gasteiger partial charge in [0.05, 0.1) is 32.0 Å². The zero-order valence-electron chi connectivity index (χ0n) is 45.7. The molecule has 432 valence electrons. The Hall–Kier alpha value is -1.58. The summed E-state index contributed by atoms with van der Waals surface area (Å²) in [7, 11) is 0. The van der Waals surface area contributed by atoms with Crippen molar-refractivity contribution in [1.82, 2.24) is 10.6 Å². The minimum Gasteiger partial charge on any atom is -0.394 e. The number of hydrogen-bond donors (Lipinski definition) is 11. The lowest BCUT2D eigenvalue weighted by molar-refractivity contribution is -0.347. The van der Waals surface area contributed by atoms with E-state index >= 15 is 0 Å². The van der Waals surface area contributed by atoms with E-state index < -0.39 is 117 Å². The van der Waals surface area contributed by atoms with Gasteiger partial charge in [-0.3, -0.25) is 9.59 Å². The van der Waals surface area contributed by atoms with Crippen LogP contribution < -0.4 is 10.6 Å². The fourth-order valence-electron chi connectivity index (χ4n) is 10.2. The van der Waals surface area contributed by atoms with Crippen molar-refractivity contribution in [2.45, 2.75) is 325 Å². The summed E-state index contributed by atoms with van der Waals surface area (Å²) >= 11 is 0. The third-order valence-electron chi connectivity index (χ3n) is 14.9. The van der Waals surface area contributed by atoms with Crippen molar-refractivity contribution in [1.29, 1.82) is 0 Å². The molecule has 2 amide bonds. The first-order valence-corrected chi connectivity index (χ1v) is 29.4. The predicted octanol–water partition coefficient (Wildman–Crippen LogP) is 6.64. The topological polar surface area (TPSA) is 277 Å². The van der Waals surface area contributed by atoms with E-state index in [2.05, 4.69) is 24.5 Å². The normalized spacial score (nSPS) is 26.1. The fourth-order valence-corrected chi connectivity index (χ4v) is 10.2. The second kappa shape index (κ2) is 42.4. The number of rotatable bonds is 46. The fraction of sp³-hybridized carbons (Fsp3) is 0.964. The number of unbranched alkanes of at least 4 members (excludes halogenated alkanes) is 30. The maximum absolute atomic E-state index is 13.4. The van der Waals surface area contributed by atoms with Gasteiger partial charge in [-0.05, 0) is 12.8 Å². The molecule has 2 fully saturated rings. The first-order valence-electron chi connectivity index (χ1n) is 29.4. The molecule has 0 aromatic carbocycles. The second-order valence-corrected chi connectivity index (χ2v) is 21.4. The molecule has 0 aromatic heterocycles. The van der Waals surface area contributed by atoms with Crippen LogP contribution in [0.25, 0.3) is 0 Å². The van der Waals surface area contributed by atoms with Crippen LogP contribution in [0.15, 0.2) is 0 Å². The lowest BCUT2D eigenvalue weighted by Gasteiger charge is -2.47. The SMILES string of the molecule is CCCCCCCCCCCCCCCCCCCC[C@@H](O)C(=O)N[C@@H](CO[C@H]1O[C@H](CO)[C@H](O[C@H]2O[C@H](CO)[C@@H](O)[C@H](O)[C@H]2NC(C)=O)[C@H](O)[C@H]1O)[C@H](O)[C@H](O)CCCCCCCCCCCCCCCC. The van der Waals surface area contributed by atoms with Gasteiger partial charge in [0.2, 0.25) is 11.8 Å². The molecule has 17 heteroatoms. The summed E-state index contributed by atoms with van der Waals surface area (Å²) in [6, 6.07) is -2.67. The molecule has 0 saturated carbocycles. The van der Waals surface area contributed by atoms with Crippen LogP contribution in [-0.4, -0.2) is 163 Å². The lowest BCUT2D eigenvalue weighted by atomic mass is 9.95. The van der Waals surface area contributed by atoms with Crippen molar-refractivity contribution >= 4 is 11.8 Å². The Labute approximate surface area is 440 Å². The highest BCUT2D eigenvalue weighted by atomic mass is 16.7. The minimum absolute atomic E-state index is 0.203. The Balaban J connectivity index is 1.91. The van der Waals surface area contributed by atoms with E-state index in [4.69, 9.17) is 18.9 Å². The smallest absolute Gasteiger partial charge is 0.249 e. The molecule has 14 atom stereocenters. The van der Waals surface area contributed by atoms with E-state index in [0.29, 0.717) is 12.8 Å². The van der Waals surface area contributed by atoms with Crippen LogP contribution in [0.1, 0.15) is 239 Å². The highest BCUT2D eigenvalue weighted by molar-refractivity contribution is 5.80. The van der Waals surface area contributed by atoms with E-state index in [1.807, 2.05) is 0 Å². The van der Waals surface area contributed by atoms with E-state index in [1.165, 1.54) is 148 Å². The van der Waals surface area contributed by atoms with Gasteiger partial charge in [-0.2, -0.15) is 0 Å². The number of aliphatic hydroxyl groups excluding tert-OH is 9. The van der Waals surface area contributed by atoms with E-state index in [0.717, 1.165) is 51.9 Å². The van der Waals surface area contributed by atoms with Crippen LogP contribution >= 0.6 is 0 Å². The number of carbonyl (C=O) groups excluding carboxylic acids is 2. The Morgan fingerprint density at radius 3 is 1.32 bits per heavy atom. The molecule has 2 rings (SSSR count). The van der Waals surface area contributed by atoms with Crippen LogP contribution in [0.5, 0.6) is 0 Å². The number of ether oxygens (including phenoxy) is 4. The summed E-state index contributed by atoms with van der Waals surface area (Å²) in [5.74, 6) is -1.37. The van der Waals surface area contributed by atoms with Crippen LogP contribution in [0.3, 0.4) is 0 Å². The summed E-state index contributed by atoms with van der Waals surface area (Å²) in [5.41, 5.74) is 0. The van der Waals surface area contributed by atoms with Crippen molar-refractivity contribution in [3.8, 4) is 0 Å². The van der Waals surface area contributed by atoms with Crippen molar-refractivity contribution in [2.75, 3.05) is 19.8 Å². The van der Waals surface area contributed by atoms with Crippen molar-refractivity contribution < 1.29 is 74.5 Å². The molecule has 2 heterocycles. The Morgan fingerprint density at radius 2 is 0.904 bits per heavy atom. The van der Waals surface area contributed by atoms with Gasteiger partial charge < -0.3 is 75.5 Å². The Bertz CT molecular complexity index is 1340. The van der Waals surface area contributed by atoms with Crippen LogP contribution in [0, 0.1) is 0 Å². The number of nitrogens with one attached hydrogen (secondary N) is 2. The third kappa shape index (κ3) is 28.6. The van der Waals surface area contributed by atoms with E-state index in [1.54, 1.807) is 0 Å². The molecular weight excluding hydrogens is 941 g/mol. The van der Waals surface area contributed by atoms with Gasteiger partial charge in [0, 0.05) is 6.92 Å². The maximum atomic E-state index is 13.4. The second-order valence-electron chi connectivity index (χ2n) is 21.4. The van der Waals surface area contributed by atoms with Crippen LogP contribution in [0.4, 0.5) is 0 Å². The molecule has 2 aliphatic rings. The highest BCUT2D eigenvalue weighted by Gasteiger charge is 2.51. The molecular formula is C56H108N2O15. The largest absolute Gasteiger partial charge is 0.394 e. The first-order chi connectivity index (χ1) is 35.3. The summed E-state index contributed by atoms with van der Waals surface area (Å²) in [5, 5.41) is 102. The predicted molar refractivity (Wildman–Crippen MR) is 282 cm³/mol. The van der Waals surface area contributed by atoms with Gasteiger partial charge in [0.15, 0.2) is 12.6 Å². The molecule has 2 saturated heterocycles. The molecule has 2 aliphatic heterocycles. The average Bonchev–Trinajstić information content (AvgIpc) is 3.38. The van der Waals surface area contributed by atoms with Gasteiger partial charge in [0.1, 0.15) is 61.0 Å². The molecule has 0 bridgehead atoms. The number of carbonyl (C=O) groups is 2. The van der Waals surface area contributed by atoms with Crippen molar-refractivity contribution in [2.24, 2.45) is 0 Å². The molecule has 0 aromatic rings. The number of aliphatic hydroxyl groups is 9. The van der Waals surface area contributed by atoms with Crippen molar-refractivity contribution in [3.63, 3.8) is 0 Å². The molecule has 0 spiro atoms. The van der Waals surface area contributed by atoms with E-state index in [9.17, 15) is 55.5 Å². The van der Waals surface area contributed by atoms with E-state index in [-0.39, 0.29) is 12.8 Å². The van der Waals surface area contributed by atoms with Gasteiger partial charge >= 0.3 is 0 Å². The lowest BCUT2D eigenvalue weighted by Crippen LogP contribution is -2.67. The summed E-state index contributed by atoms with van der Waals surface area (Å²) in [6.45, 7) is 3.59. The molecule has 0 unspecified atom stereocenters. The maximum Gasteiger partial charge on any atom is 0.249 e. The molecule has 73 heavy (non-hydrogen) atoms. The van der Waals surface area contributed by atoms with Gasteiger partial charge in [0.25, 0.3) is 0 Å². The summed E-state index contributed by atoms with van der Waals surface area (Å²) in [4.78, 5) is 25.4.